The van der Waals surface area contributed by atoms with E-state index in [1.54, 1.807) is 7.11 Å². The molecule has 1 aromatic rings. The molecule has 0 bridgehead atoms. The van der Waals surface area contributed by atoms with Gasteiger partial charge in [0.15, 0.2) is 0 Å². The number of aryl methyl sites for hydroxylation is 1. The molecule has 0 aliphatic rings. The van der Waals surface area contributed by atoms with Crippen molar-refractivity contribution in [2.45, 2.75) is 25.8 Å². The molecule has 0 amide bonds. The summed E-state index contributed by atoms with van der Waals surface area (Å²) in [7, 11) is 3.66. The molecule has 16 heavy (non-hydrogen) atoms. The summed E-state index contributed by atoms with van der Waals surface area (Å²) in [6.45, 7) is 2.15. The maximum Gasteiger partial charge on any atom is 0.123 e. The SMILES string of the molecule is CCc1ccc(OC)c(C(CCCl)NC)c1. The van der Waals surface area contributed by atoms with Gasteiger partial charge >= 0.3 is 0 Å². The van der Waals surface area contributed by atoms with Crippen LogP contribution in [0, 0.1) is 0 Å². The Morgan fingerprint density at radius 3 is 2.69 bits per heavy atom. The van der Waals surface area contributed by atoms with E-state index in [-0.39, 0.29) is 6.04 Å². The summed E-state index contributed by atoms with van der Waals surface area (Å²) >= 11 is 5.81. The molecule has 0 aromatic heterocycles. The number of halogens is 1. The van der Waals surface area contributed by atoms with Gasteiger partial charge in [0.2, 0.25) is 0 Å². The van der Waals surface area contributed by atoms with Crippen LogP contribution < -0.4 is 10.1 Å². The van der Waals surface area contributed by atoms with Crippen molar-refractivity contribution < 1.29 is 4.74 Å². The smallest absolute Gasteiger partial charge is 0.123 e. The normalized spacial score (nSPS) is 12.5. The Balaban J connectivity index is 3.05. The van der Waals surface area contributed by atoms with E-state index in [4.69, 9.17) is 16.3 Å². The third-order valence-corrected chi connectivity index (χ3v) is 3.04. The number of rotatable bonds is 6. The van der Waals surface area contributed by atoms with Gasteiger partial charge in [-0.25, -0.2) is 0 Å². The van der Waals surface area contributed by atoms with Gasteiger partial charge in [0, 0.05) is 17.5 Å². The van der Waals surface area contributed by atoms with Gasteiger partial charge in [0.1, 0.15) is 5.75 Å². The zero-order valence-electron chi connectivity index (χ0n) is 10.2. The first-order chi connectivity index (χ1) is 7.76. The minimum absolute atomic E-state index is 0.263. The Bertz CT molecular complexity index is 328. The molecule has 0 heterocycles. The molecule has 0 fully saturated rings. The fourth-order valence-corrected chi connectivity index (χ4v) is 2.06. The van der Waals surface area contributed by atoms with Gasteiger partial charge in [-0.15, -0.1) is 11.6 Å². The van der Waals surface area contributed by atoms with E-state index in [1.165, 1.54) is 11.1 Å². The zero-order valence-corrected chi connectivity index (χ0v) is 11.0. The first-order valence-electron chi connectivity index (χ1n) is 5.66. The summed E-state index contributed by atoms with van der Waals surface area (Å²) in [5.74, 6) is 1.58. The molecule has 1 rings (SSSR count). The van der Waals surface area contributed by atoms with Gasteiger partial charge in [0.05, 0.1) is 7.11 Å². The molecule has 1 unspecified atom stereocenters. The number of benzene rings is 1. The van der Waals surface area contributed by atoms with Gasteiger partial charge in [0.25, 0.3) is 0 Å². The van der Waals surface area contributed by atoms with Crippen molar-refractivity contribution in [1.29, 1.82) is 0 Å². The monoisotopic (exact) mass is 241 g/mol. The van der Waals surface area contributed by atoms with Crippen LogP contribution in [0.25, 0.3) is 0 Å². The topological polar surface area (TPSA) is 21.3 Å². The van der Waals surface area contributed by atoms with Gasteiger partial charge in [-0.2, -0.15) is 0 Å². The fourth-order valence-electron chi connectivity index (χ4n) is 1.84. The van der Waals surface area contributed by atoms with Crippen LogP contribution >= 0.6 is 11.6 Å². The standard InChI is InChI=1S/C13H20ClNO/c1-4-10-5-6-13(16-3)11(9-10)12(15-2)7-8-14/h5-6,9,12,15H,4,7-8H2,1-3H3. The lowest BCUT2D eigenvalue weighted by atomic mass is 10.00. The van der Waals surface area contributed by atoms with E-state index >= 15 is 0 Å². The number of ether oxygens (including phenoxy) is 1. The zero-order chi connectivity index (χ0) is 12.0. The van der Waals surface area contributed by atoms with Crippen molar-refractivity contribution in [1.82, 2.24) is 5.32 Å². The minimum atomic E-state index is 0.263. The summed E-state index contributed by atoms with van der Waals surface area (Å²) in [6, 6.07) is 6.61. The molecule has 0 radical (unpaired) electrons. The van der Waals surface area contributed by atoms with Gasteiger partial charge in [-0.05, 0) is 31.5 Å². The van der Waals surface area contributed by atoms with E-state index in [0.29, 0.717) is 5.88 Å². The van der Waals surface area contributed by atoms with Crippen molar-refractivity contribution in [2.75, 3.05) is 20.0 Å². The van der Waals surface area contributed by atoms with E-state index in [9.17, 15) is 0 Å². The molecular formula is C13H20ClNO. The van der Waals surface area contributed by atoms with Crippen LogP contribution in [0.3, 0.4) is 0 Å². The van der Waals surface area contributed by atoms with Crippen molar-refractivity contribution in [2.24, 2.45) is 0 Å². The van der Waals surface area contributed by atoms with Crippen LogP contribution in [0.1, 0.15) is 30.5 Å². The Hall–Kier alpha value is -0.730. The van der Waals surface area contributed by atoms with Crippen LogP contribution in [0.4, 0.5) is 0 Å². The number of hydrogen-bond acceptors (Lipinski definition) is 2. The maximum absolute atomic E-state index is 5.81. The summed E-state index contributed by atoms with van der Waals surface area (Å²) in [5, 5.41) is 3.28. The summed E-state index contributed by atoms with van der Waals surface area (Å²) in [5.41, 5.74) is 2.52. The van der Waals surface area contributed by atoms with E-state index in [2.05, 4.69) is 24.4 Å². The largest absolute Gasteiger partial charge is 0.496 e. The third-order valence-electron chi connectivity index (χ3n) is 2.82. The Morgan fingerprint density at radius 2 is 2.19 bits per heavy atom. The van der Waals surface area contributed by atoms with Crippen molar-refractivity contribution in [3.8, 4) is 5.75 Å². The highest BCUT2D eigenvalue weighted by Crippen LogP contribution is 2.28. The van der Waals surface area contributed by atoms with E-state index in [1.807, 2.05) is 13.1 Å². The predicted octanol–water partition coefficient (Wildman–Crippen LogP) is 3.15. The van der Waals surface area contributed by atoms with Crippen LogP contribution in [-0.2, 0) is 6.42 Å². The number of alkyl halides is 1. The molecule has 3 heteroatoms. The number of hydrogen-bond donors (Lipinski definition) is 1. The Morgan fingerprint density at radius 1 is 1.44 bits per heavy atom. The van der Waals surface area contributed by atoms with E-state index in [0.717, 1.165) is 18.6 Å². The second kappa shape index (κ2) is 6.77. The average molecular weight is 242 g/mol. The summed E-state index contributed by atoms with van der Waals surface area (Å²) < 4.78 is 5.39. The first-order valence-corrected chi connectivity index (χ1v) is 6.20. The van der Waals surface area contributed by atoms with Gasteiger partial charge in [-0.3, -0.25) is 0 Å². The third kappa shape index (κ3) is 3.13. The van der Waals surface area contributed by atoms with Crippen molar-refractivity contribution >= 4 is 11.6 Å². The maximum atomic E-state index is 5.81. The molecule has 90 valence electrons. The number of nitrogens with one attached hydrogen (secondary N) is 1. The highest BCUT2D eigenvalue weighted by Gasteiger charge is 2.14. The average Bonchev–Trinajstić information content (AvgIpc) is 2.35. The Kier molecular flexibility index (Phi) is 5.64. The summed E-state index contributed by atoms with van der Waals surface area (Å²) in [6.07, 6.45) is 1.94. The predicted molar refractivity (Wildman–Crippen MR) is 69.5 cm³/mol. The quantitative estimate of drug-likeness (QED) is 0.773. The van der Waals surface area contributed by atoms with E-state index < -0.39 is 0 Å². The molecule has 0 aliphatic carbocycles. The van der Waals surface area contributed by atoms with Gasteiger partial charge in [-0.1, -0.05) is 19.1 Å². The number of methoxy groups -OCH3 is 1. The lowest BCUT2D eigenvalue weighted by Gasteiger charge is -2.19. The minimum Gasteiger partial charge on any atom is -0.496 e. The van der Waals surface area contributed by atoms with Crippen LogP contribution in [0.5, 0.6) is 5.75 Å². The molecule has 1 N–H and O–H groups in total. The van der Waals surface area contributed by atoms with Crippen molar-refractivity contribution in [3.05, 3.63) is 29.3 Å². The fraction of sp³-hybridized carbons (Fsp3) is 0.538. The highest BCUT2D eigenvalue weighted by atomic mass is 35.5. The molecule has 0 saturated heterocycles. The van der Waals surface area contributed by atoms with Crippen LogP contribution in [0.15, 0.2) is 18.2 Å². The molecule has 1 atom stereocenters. The van der Waals surface area contributed by atoms with Crippen molar-refractivity contribution in [3.63, 3.8) is 0 Å². The second-order valence-corrected chi connectivity index (χ2v) is 4.13. The molecule has 1 aromatic carbocycles. The Labute approximate surface area is 103 Å². The van der Waals surface area contributed by atoms with Crippen LogP contribution in [0.2, 0.25) is 0 Å². The van der Waals surface area contributed by atoms with Crippen LogP contribution in [-0.4, -0.2) is 20.0 Å². The van der Waals surface area contributed by atoms with Gasteiger partial charge < -0.3 is 10.1 Å². The lowest BCUT2D eigenvalue weighted by molar-refractivity contribution is 0.400. The second-order valence-electron chi connectivity index (χ2n) is 3.75. The molecule has 0 spiro atoms. The molecule has 0 aliphatic heterocycles. The first kappa shape index (κ1) is 13.3. The molecule has 0 saturated carbocycles. The highest BCUT2D eigenvalue weighted by molar-refractivity contribution is 6.17. The lowest BCUT2D eigenvalue weighted by Crippen LogP contribution is -2.17. The summed E-state index contributed by atoms with van der Waals surface area (Å²) in [4.78, 5) is 0. The molecule has 2 nitrogen and oxygen atoms in total. The molecular weight excluding hydrogens is 222 g/mol.